The van der Waals surface area contributed by atoms with Gasteiger partial charge in [0.05, 0.1) is 0 Å². The van der Waals surface area contributed by atoms with Crippen molar-refractivity contribution < 1.29 is 0 Å². The second-order valence-electron chi connectivity index (χ2n) is 1.60. The maximum absolute atomic E-state index is 3.40. The number of rotatable bonds is 1. The lowest BCUT2D eigenvalue weighted by molar-refractivity contribution is 1.44. The molecule has 0 nitrogen and oxygen atoms in total. The number of hydrogen-bond acceptors (Lipinski definition) is 1. The topological polar surface area (TPSA) is 0 Å². The third kappa shape index (κ3) is 1.67. The Balaban J connectivity index is 2.50. The van der Waals surface area contributed by atoms with Crippen molar-refractivity contribution in [3.8, 4) is 0 Å². The van der Waals surface area contributed by atoms with E-state index in [2.05, 4.69) is 33.5 Å². The van der Waals surface area contributed by atoms with E-state index in [1.54, 1.807) is 0 Å². The Morgan fingerprint density at radius 3 is 3.00 bits per heavy atom. The number of thioether (sulfide) groups is 1. The molecule has 1 aliphatic rings. The minimum atomic E-state index is 1.02. The number of alkyl halides is 1. The molecule has 1 heterocycles. The molecule has 0 bridgehead atoms. The van der Waals surface area contributed by atoms with Crippen LogP contribution in [-0.2, 0) is 0 Å². The van der Waals surface area contributed by atoms with E-state index >= 15 is 0 Å². The highest BCUT2D eigenvalue weighted by molar-refractivity contribution is 9.09. The summed E-state index contributed by atoms with van der Waals surface area (Å²) in [6, 6.07) is 0. The van der Waals surface area contributed by atoms with Gasteiger partial charge in [-0.3, -0.25) is 0 Å². The van der Waals surface area contributed by atoms with Crippen LogP contribution < -0.4 is 0 Å². The first-order chi connectivity index (χ1) is 3.93. The third-order valence-electron chi connectivity index (χ3n) is 0.947. The molecule has 2 heteroatoms. The quantitative estimate of drug-likeness (QED) is 0.574. The zero-order valence-corrected chi connectivity index (χ0v) is 6.83. The Hall–Kier alpha value is 0.310. The molecular weight excluding hydrogens is 184 g/mol. The van der Waals surface area contributed by atoms with Crippen LogP contribution in [0.2, 0.25) is 0 Å². The van der Waals surface area contributed by atoms with Crippen LogP contribution in [0, 0.1) is 0 Å². The van der Waals surface area contributed by atoms with E-state index in [4.69, 9.17) is 0 Å². The van der Waals surface area contributed by atoms with E-state index in [1.165, 1.54) is 5.57 Å². The van der Waals surface area contributed by atoms with Crippen molar-refractivity contribution >= 4 is 27.7 Å². The van der Waals surface area contributed by atoms with E-state index < -0.39 is 0 Å². The van der Waals surface area contributed by atoms with Gasteiger partial charge in [0.25, 0.3) is 0 Å². The first-order valence-corrected chi connectivity index (χ1v) is 4.62. The van der Waals surface area contributed by atoms with Crippen LogP contribution in [-0.4, -0.2) is 11.1 Å². The molecule has 0 aromatic carbocycles. The van der Waals surface area contributed by atoms with Crippen molar-refractivity contribution in [2.75, 3.05) is 11.1 Å². The normalized spacial score (nSPS) is 18.4. The molecule has 0 aromatic rings. The molecule has 44 valence electrons. The lowest BCUT2D eigenvalue weighted by Crippen LogP contribution is -1.88. The van der Waals surface area contributed by atoms with Crippen molar-refractivity contribution in [2.24, 2.45) is 0 Å². The van der Waals surface area contributed by atoms with Crippen LogP contribution in [0.3, 0.4) is 0 Å². The molecule has 0 spiro atoms. The van der Waals surface area contributed by atoms with Crippen LogP contribution in [0.4, 0.5) is 0 Å². The summed E-state index contributed by atoms with van der Waals surface area (Å²) in [5, 5.41) is 3.14. The fourth-order valence-electron chi connectivity index (χ4n) is 0.517. The molecular formula is C6H7BrS. The predicted molar refractivity (Wildman–Crippen MR) is 43.5 cm³/mol. The van der Waals surface area contributed by atoms with Gasteiger partial charge in [-0.1, -0.05) is 28.1 Å². The zero-order chi connectivity index (χ0) is 5.82. The predicted octanol–water partition coefficient (Wildman–Crippen LogP) is 2.57. The summed E-state index contributed by atoms with van der Waals surface area (Å²) >= 11 is 5.24. The Bertz CT molecular complexity index is 126. The maximum atomic E-state index is 3.40. The monoisotopic (exact) mass is 190 g/mol. The molecule has 0 unspecified atom stereocenters. The van der Waals surface area contributed by atoms with Crippen LogP contribution in [0.1, 0.15) is 0 Å². The molecule has 0 aliphatic carbocycles. The summed E-state index contributed by atoms with van der Waals surface area (Å²) in [6.45, 7) is 0. The SMILES string of the molecule is BrCC1=CC=CSC1. The van der Waals surface area contributed by atoms with E-state index in [0.29, 0.717) is 0 Å². The van der Waals surface area contributed by atoms with Gasteiger partial charge >= 0.3 is 0 Å². The van der Waals surface area contributed by atoms with Crippen molar-refractivity contribution in [2.45, 2.75) is 0 Å². The lowest BCUT2D eigenvalue weighted by Gasteiger charge is -2.02. The van der Waals surface area contributed by atoms with Gasteiger partial charge in [-0.25, -0.2) is 0 Å². The smallest absolute Gasteiger partial charge is 0.0253 e. The van der Waals surface area contributed by atoms with Gasteiger partial charge in [0.15, 0.2) is 0 Å². The van der Waals surface area contributed by atoms with Crippen LogP contribution in [0.25, 0.3) is 0 Å². The van der Waals surface area contributed by atoms with Crippen molar-refractivity contribution in [1.82, 2.24) is 0 Å². The van der Waals surface area contributed by atoms with Crippen LogP contribution in [0.15, 0.2) is 23.1 Å². The molecule has 0 N–H and O–H groups in total. The fourth-order valence-corrected chi connectivity index (χ4v) is 1.86. The van der Waals surface area contributed by atoms with Crippen LogP contribution in [0.5, 0.6) is 0 Å². The van der Waals surface area contributed by atoms with Gasteiger partial charge in [0.1, 0.15) is 0 Å². The highest BCUT2D eigenvalue weighted by Crippen LogP contribution is 2.15. The lowest BCUT2D eigenvalue weighted by atomic mass is 10.3. The third-order valence-corrected chi connectivity index (χ3v) is 2.55. The van der Waals surface area contributed by atoms with Gasteiger partial charge in [0, 0.05) is 11.1 Å². The summed E-state index contributed by atoms with van der Waals surface area (Å²) in [5.41, 5.74) is 1.47. The van der Waals surface area contributed by atoms with E-state index in [1.807, 2.05) is 11.8 Å². The fraction of sp³-hybridized carbons (Fsp3) is 0.333. The van der Waals surface area contributed by atoms with Gasteiger partial charge in [-0.15, -0.1) is 11.8 Å². The van der Waals surface area contributed by atoms with E-state index in [0.717, 1.165) is 11.1 Å². The molecule has 1 aliphatic heterocycles. The Kier molecular flexibility index (Phi) is 2.70. The zero-order valence-electron chi connectivity index (χ0n) is 4.43. The van der Waals surface area contributed by atoms with E-state index in [9.17, 15) is 0 Å². The number of allylic oxidation sites excluding steroid dienone is 2. The molecule has 1 rings (SSSR count). The van der Waals surface area contributed by atoms with E-state index in [-0.39, 0.29) is 0 Å². The average molecular weight is 191 g/mol. The molecule has 0 fully saturated rings. The van der Waals surface area contributed by atoms with Crippen molar-refractivity contribution in [3.63, 3.8) is 0 Å². The first kappa shape index (κ1) is 6.43. The second-order valence-corrected chi connectivity index (χ2v) is 3.05. The number of halogens is 1. The van der Waals surface area contributed by atoms with Gasteiger partial charge in [-0.05, 0) is 11.0 Å². The Morgan fingerprint density at radius 1 is 1.75 bits per heavy atom. The maximum Gasteiger partial charge on any atom is 0.0253 e. The second kappa shape index (κ2) is 3.36. The molecule has 0 saturated carbocycles. The summed E-state index contributed by atoms with van der Waals surface area (Å²) < 4.78 is 0. The largest absolute Gasteiger partial charge is 0.130 e. The molecule has 8 heavy (non-hydrogen) atoms. The summed E-state index contributed by atoms with van der Waals surface area (Å²) in [7, 11) is 0. The minimum Gasteiger partial charge on any atom is -0.130 e. The number of hydrogen-bond donors (Lipinski definition) is 0. The Labute approximate surface area is 62.2 Å². The molecule has 0 atom stereocenters. The summed E-state index contributed by atoms with van der Waals surface area (Å²) in [4.78, 5) is 0. The van der Waals surface area contributed by atoms with Crippen molar-refractivity contribution in [3.05, 3.63) is 23.1 Å². The molecule has 0 amide bonds. The highest BCUT2D eigenvalue weighted by atomic mass is 79.9. The molecule has 0 aromatic heterocycles. The molecule has 0 radical (unpaired) electrons. The van der Waals surface area contributed by atoms with Gasteiger partial charge in [0.2, 0.25) is 0 Å². The van der Waals surface area contributed by atoms with Crippen molar-refractivity contribution in [1.29, 1.82) is 0 Å². The minimum absolute atomic E-state index is 1.02. The highest BCUT2D eigenvalue weighted by Gasteiger charge is 1.94. The Morgan fingerprint density at radius 2 is 2.62 bits per heavy atom. The van der Waals surface area contributed by atoms with Gasteiger partial charge in [-0.2, -0.15) is 0 Å². The molecule has 0 saturated heterocycles. The average Bonchev–Trinajstić information content (AvgIpc) is 1.90. The summed E-state index contributed by atoms with van der Waals surface area (Å²) in [5.74, 6) is 1.15. The standard InChI is InChI=1S/C6H7BrS/c7-4-6-2-1-3-8-5-6/h1-3H,4-5H2. The summed E-state index contributed by atoms with van der Waals surface area (Å²) in [6.07, 6.45) is 4.25. The van der Waals surface area contributed by atoms with Crippen LogP contribution >= 0.6 is 27.7 Å². The van der Waals surface area contributed by atoms with Gasteiger partial charge < -0.3 is 0 Å². The first-order valence-electron chi connectivity index (χ1n) is 2.45.